The molecule has 0 fully saturated rings. The number of hydrazone groups is 1. The third-order valence-electron chi connectivity index (χ3n) is 3.41. The number of benzene rings is 1. The fourth-order valence-electron chi connectivity index (χ4n) is 2.01. The predicted molar refractivity (Wildman–Crippen MR) is 110 cm³/mol. The fraction of sp³-hybridized carbons (Fsp3) is 0.400. The molecule has 26 heavy (non-hydrogen) atoms. The zero-order valence-electron chi connectivity index (χ0n) is 15.5. The molecule has 0 saturated heterocycles. The molecule has 1 rings (SSSR count). The van der Waals surface area contributed by atoms with Gasteiger partial charge in [-0.1, -0.05) is 40.4 Å². The summed E-state index contributed by atoms with van der Waals surface area (Å²) in [6.45, 7) is 6.62. The number of hydrogen-bond donors (Lipinski definition) is 1. The van der Waals surface area contributed by atoms with Crippen molar-refractivity contribution >= 4 is 35.3 Å². The third kappa shape index (κ3) is 10.3. The standard InChI is InChI=1S/C20H26Cl2N2O2/c1-15(2)6-4-7-16(3)11-12-23-24-20(25)8-5-13-26-19-10-9-17(21)14-18(19)22/h6,9-12,14H,4-5,7-8,13H2,1-3H3,(H,24,25). The van der Waals surface area contributed by atoms with Crippen LogP contribution in [-0.4, -0.2) is 18.7 Å². The molecule has 0 aliphatic rings. The number of carbonyl (C=O) groups excluding carboxylic acids is 1. The van der Waals surface area contributed by atoms with Gasteiger partial charge in [-0.3, -0.25) is 4.79 Å². The smallest absolute Gasteiger partial charge is 0.240 e. The van der Waals surface area contributed by atoms with E-state index in [0.29, 0.717) is 35.2 Å². The van der Waals surface area contributed by atoms with E-state index >= 15 is 0 Å². The molecule has 0 atom stereocenters. The molecule has 0 heterocycles. The first-order chi connectivity index (χ1) is 12.4. The van der Waals surface area contributed by atoms with Crippen LogP contribution in [0, 0.1) is 0 Å². The van der Waals surface area contributed by atoms with Crippen LogP contribution in [0.25, 0.3) is 0 Å². The van der Waals surface area contributed by atoms with Crippen LogP contribution in [0.2, 0.25) is 10.0 Å². The lowest BCUT2D eigenvalue weighted by Crippen LogP contribution is -2.17. The Bertz CT molecular complexity index is 678. The molecular weight excluding hydrogens is 371 g/mol. The molecule has 0 spiro atoms. The van der Waals surface area contributed by atoms with E-state index in [-0.39, 0.29) is 5.91 Å². The second-order valence-corrected chi connectivity index (χ2v) is 7.02. The van der Waals surface area contributed by atoms with E-state index in [1.54, 1.807) is 24.4 Å². The average Bonchev–Trinajstić information content (AvgIpc) is 2.57. The van der Waals surface area contributed by atoms with Crippen LogP contribution in [0.5, 0.6) is 5.75 Å². The Morgan fingerprint density at radius 3 is 2.69 bits per heavy atom. The maximum absolute atomic E-state index is 11.7. The molecule has 0 aliphatic heterocycles. The minimum Gasteiger partial charge on any atom is -0.492 e. The second-order valence-electron chi connectivity index (χ2n) is 6.17. The van der Waals surface area contributed by atoms with Crippen molar-refractivity contribution in [3.63, 3.8) is 0 Å². The normalized spacial score (nSPS) is 11.5. The summed E-state index contributed by atoms with van der Waals surface area (Å²) in [5.74, 6) is 0.408. The Labute approximate surface area is 165 Å². The molecular formula is C20H26Cl2N2O2. The number of halogens is 2. The number of nitrogens with zero attached hydrogens (tertiary/aromatic N) is 1. The molecule has 4 nitrogen and oxygen atoms in total. The summed E-state index contributed by atoms with van der Waals surface area (Å²) in [5, 5.41) is 4.94. The summed E-state index contributed by atoms with van der Waals surface area (Å²) < 4.78 is 5.53. The molecule has 142 valence electrons. The number of hydrogen-bond acceptors (Lipinski definition) is 3. The number of nitrogens with one attached hydrogen (secondary N) is 1. The molecule has 0 radical (unpaired) electrons. The molecule has 1 aromatic rings. The van der Waals surface area contributed by atoms with E-state index in [1.807, 2.05) is 13.0 Å². The van der Waals surface area contributed by atoms with Crippen molar-refractivity contribution in [1.82, 2.24) is 5.43 Å². The highest BCUT2D eigenvalue weighted by atomic mass is 35.5. The van der Waals surface area contributed by atoms with Crippen molar-refractivity contribution < 1.29 is 9.53 Å². The number of allylic oxidation sites excluding steroid dienone is 4. The SMILES string of the molecule is CC(C)=CCCC(C)=CC=NNC(=O)CCCOc1ccc(Cl)cc1Cl. The van der Waals surface area contributed by atoms with E-state index in [9.17, 15) is 4.79 Å². The van der Waals surface area contributed by atoms with E-state index in [1.165, 1.54) is 11.1 Å². The summed E-state index contributed by atoms with van der Waals surface area (Å²) in [6, 6.07) is 5.04. The fourth-order valence-corrected chi connectivity index (χ4v) is 2.47. The van der Waals surface area contributed by atoms with E-state index < -0.39 is 0 Å². The van der Waals surface area contributed by atoms with Crippen molar-refractivity contribution in [2.24, 2.45) is 5.10 Å². The number of carbonyl (C=O) groups is 1. The summed E-state index contributed by atoms with van der Waals surface area (Å²) in [6.07, 6.45) is 8.61. The van der Waals surface area contributed by atoms with Gasteiger partial charge >= 0.3 is 0 Å². The van der Waals surface area contributed by atoms with Gasteiger partial charge in [0.2, 0.25) is 5.91 Å². The molecule has 0 bridgehead atoms. The maximum atomic E-state index is 11.7. The zero-order chi connectivity index (χ0) is 19.4. The minimum absolute atomic E-state index is 0.150. The molecule has 0 saturated carbocycles. The van der Waals surface area contributed by atoms with Gasteiger partial charge in [0.15, 0.2) is 0 Å². The van der Waals surface area contributed by atoms with E-state index in [0.717, 1.165) is 12.8 Å². The van der Waals surface area contributed by atoms with Crippen LogP contribution in [0.4, 0.5) is 0 Å². The Morgan fingerprint density at radius 1 is 1.23 bits per heavy atom. The molecule has 0 unspecified atom stereocenters. The topological polar surface area (TPSA) is 50.7 Å². The van der Waals surface area contributed by atoms with Gasteiger partial charge in [0.05, 0.1) is 11.6 Å². The van der Waals surface area contributed by atoms with E-state index in [2.05, 4.69) is 30.5 Å². The van der Waals surface area contributed by atoms with Crippen LogP contribution in [0.3, 0.4) is 0 Å². The highest BCUT2D eigenvalue weighted by molar-refractivity contribution is 6.35. The number of amides is 1. The summed E-state index contributed by atoms with van der Waals surface area (Å²) in [4.78, 5) is 11.7. The van der Waals surface area contributed by atoms with Gasteiger partial charge in [0.1, 0.15) is 5.75 Å². The quantitative estimate of drug-likeness (QED) is 0.230. The third-order valence-corrected chi connectivity index (χ3v) is 3.94. The predicted octanol–water partition coefficient (Wildman–Crippen LogP) is 5.95. The molecule has 0 aliphatic carbocycles. The van der Waals surface area contributed by atoms with Crippen molar-refractivity contribution in [2.45, 2.75) is 46.5 Å². The van der Waals surface area contributed by atoms with Crippen molar-refractivity contribution in [3.05, 3.63) is 51.5 Å². The number of ether oxygens (including phenoxy) is 1. The summed E-state index contributed by atoms with van der Waals surface area (Å²) >= 11 is 11.8. The Balaban J connectivity index is 2.20. The zero-order valence-corrected chi connectivity index (χ0v) is 17.0. The van der Waals surface area contributed by atoms with Crippen LogP contribution >= 0.6 is 23.2 Å². The molecule has 0 aromatic heterocycles. The van der Waals surface area contributed by atoms with Crippen LogP contribution in [0.15, 0.2) is 46.6 Å². The summed E-state index contributed by atoms with van der Waals surface area (Å²) in [5.41, 5.74) is 5.04. The minimum atomic E-state index is -0.150. The lowest BCUT2D eigenvalue weighted by molar-refractivity contribution is -0.121. The number of rotatable bonds is 10. The molecule has 1 aromatic carbocycles. The second kappa shape index (κ2) is 12.6. The highest BCUT2D eigenvalue weighted by Crippen LogP contribution is 2.27. The van der Waals surface area contributed by atoms with Crippen LogP contribution in [0.1, 0.15) is 46.5 Å². The van der Waals surface area contributed by atoms with E-state index in [4.69, 9.17) is 27.9 Å². The van der Waals surface area contributed by atoms with Gasteiger partial charge in [0.25, 0.3) is 0 Å². The monoisotopic (exact) mass is 396 g/mol. The average molecular weight is 397 g/mol. The van der Waals surface area contributed by atoms with Crippen LogP contribution < -0.4 is 10.2 Å². The molecule has 6 heteroatoms. The Kier molecular flexibility index (Phi) is 10.7. The van der Waals surface area contributed by atoms with Gasteiger partial charge in [-0.25, -0.2) is 5.43 Å². The Morgan fingerprint density at radius 2 is 2.00 bits per heavy atom. The van der Waals surface area contributed by atoms with Crippen molar-refractivity contribution in [2.75, 3.05) is 6.61 Å². The maximum Gasteiger partial charge on any atom is 0.240 e. The van der Waals surface area contributed by atoms with Gasteiger partial charge < -0.3 is 4.74 Å². The lowest BCUT2D eigenvalue weighted by atomic mass is 10.1. The van der Waals surface area contributed by atoms with Crippen LogP contribution in [-0.2, 0) is 4.79 Å². The van der Waals surface area contributed by atoms with Gasteiger partial charge in [0, 0.05) is 17.7 Å². The first-order valence-corrected chi connectivity index (χ1v) is 9.33. The van der Waals surface area contributed by atoms with Gasteiger partial charge in [-0.05, 0) is 64.3 Å². The van der Waals surface area contributed by atoms with Crippen molar-refractivity contribution in [1.29, 1.82) is 0 Å². The first kappa shape index (κ1) is 22.3. The van der Waals surface area contributed by atoms with Gasteiger partial charge in [-0.15, -0.1) is 0 Å². The lowest BCUT2D eigenvalue weighted by Gasteiger charge is -2.07. The molecule has 1 amide bonds. The Hall–Kier alpha value is -1.78. The highest BCUT2D eigenvalue weighted by Gasteiger charge is 2.03. The summed E-state index contributed by atoms with van der Waals surface area (Å²) in [7, 11) is 0. The largest absolute Gasteiger partial charge is 0.492 e. The van der Waals surface area contributed by atoms with Crippen molar-refractivity contribution in [3.8, 4) is 5.75 Å². The molecule has 1 N–H and O–H groups in total. The van der Waals surface area contributed by atoms with Gasteiger partial charge in [-0.2, -0.15) is 5.10 Å². The first-order valence-electron chi connectivity index (χ1n) is 8.57.